The highest BCUT2D eigenvalue weighted by molar-refractivity contribution is 5.92. The Balaban J connectivity index is 1.68. The predicted octanol–water partition coefficient (Wildman–Crippen LogP) is 2.51. The molecule has 0 spiro atoms. The topological polar surface area (TPSA) is 115 Å². The maximum atomic E-state index is 11.9. The largest absolute Gasteiger partial charge is 0.508 e. The number of phenols is 2. The van der Waals surface area contributed by atoms with E-state index in [-0.39, 0.29) is 29.6 Å². The third-order valence-corrected chi connectivity index (χ3v) is 3.32. The number of ether oxygens (including phenoxy) is 2. The first-order valence-electron chi connectivity index (χ1n) is 7.23. The normalized spacial score (nSPS) is 10.4. The van der Waals surface area contributed by atoms with E-state index in [4.69, 9.17) is 14.0 Å². The maximum absolute atomic E-state index is 11.9. The zero-order valence-corrected chi connectivity index (χ0v) is 13.2. The van der Waals surface area contributed by atoms with Crippen molar-refractivity contribution >= 4 is 5.97 Å². The standard InChI is InChI=1S/C17H14N2O6/c1-23-12-4-2-3-10(7-12)16-18-15(25-19-16)9-24-17(22)13-6-5-11(20)8-14(13)21/h2-8,20-21H,9H2,1H3. The van der Waals surface area contributed by atoms with E-state index in [0.717, 1.165) is 6.07 Å². The van der Waals surface area contributed by atoms with Gasteiger partial charge < -0.3 is 24.2 Å². The number of hydrogen-bond acceptors (Lipinski definition) is 8. The summed E-state index contributed by atoms with van der Waals surface area (Å²) in [5.74, 6) is -0.236. The van der Waals surface area contributed by atoms with Crippen LogP contribution in [0.4, 0.5) is 0 Å². The summed E-state index contributed by atoms with van der Waals surface area (Å²) < 4.78 is 15.2. The lowest BCUT2D eigenvalue weighted by Gasteiger charge is -2.04. The van der Waals surface area contributed by atoms with Crippen LogP contribution in [0.3, 0.4) is 0 Å². The molecule has 128 valence electrons. The Morgan fingerprint density at radius 2 is 2.04 bits per heavy atom. The Labute approximate surface area is 142 Å². The van der Waals surface area contributed by atoms with Gasteiger partial charge in [-0.1, -0.05) is 17.3 Å². The molecule has 3 rings (SSSR count). The number of nitrogens with zero attached hydrogens (tertiary/aromatic N) is 2. The van der Waals surface area contributed by atoms with Crippen LogP contribution < -0.4 is 4.74 Å². The Bertz CT molecular complexity index is 906. The van der Waals surface area contributed by atoms with Crippen LogP contribution in [0.5, 0.6) is 17.2 Å². The molecule has 25 heavy (non-hydrogen) atoms. The summed E-state index contributed by atoms with van der Waals surface area (Å²) in [7, 11) is 1.55. The number of carbonyl (C=O) groups is 1. The van der Waals surface area contributed by atoms with Crippen LogP contribution in [0.15, 0.2) is 47.0 Å². The van der Waals surface area contributed by atoms with Crippen LogP contribution in [0.25, 0.3) is 11.4 Å². The maximum Gasteiger partial charge on any atom is 0.342 e. The Morgan fingerprint density at radius 1 is 1.20 bits per heavy atom. The predicted molar refractivity (Wildman–Crippen MR) is 85.2 cm³/mol. The molecule has 2 N–H and O–H groups in total. The van der Waals surface area contributed by atoms with Crippen LogP contribution in [0, 0.1) is 0 Å². The first-order chi connectivity index (χ1) is 12.1. The fraction of sp³-hybridized carbons (Fsp3) is 0.118. The molecule has 0 aliphatic rings. The van der Waals surface area contributed by atoms with Gasteiger partial charge >= 0.3 is 5.97 Å². The number of carbonyl (C=O) groups excluding carboxylic acids is 1. The van der Waals surface area contributed by atoms with Crippen molar-refractivity contribution < 1.29 is 29.0 Å². The average molecular weight is 342 g/mol. The van der Waals surface area contributed by atoms with Gasteiger partial charge in [0.25, 0.3) is 5.89 Å². The van der Waals surface area contributed by atoms with Crippen molar-refractivity contribution in [2.75, 3.05) is 7.11 Å². The van der Waals surface area contributed by atoms with Gasteiger partial charge in [-0.3, -0.25) is 0 Å². The summed E-state index contributed by atoms with van der Waals surface area (Å²) >= 11 is 0. The average Bonchev–Trinajstić information content (AvgIpc) is 3.09. The lowest BCUT2D eigenvalue weighted by Crippen LogP contribution is -2.05. The van der Waals surface area contributed by atoms with Gasteiger partial charge in [0.15, 0.2) is 6.61 Å². The number of benzene rings is 2. The smallest absolute Gasteiger partial charge is 0.342 e. The Kier molecular flexibility index (Phi) is 4.51. The van der Waals surface area contributed by atoms with E-state index in [1.807, 2.05) is 0 Å². The monoisotopic (exact) mass is 342 g/mol. The molecular formula is C17H14N2O6. The first-order valence-corrected chi connectivity index (χ1v) is 7.23. The van der Waals surface area contributed by atoms with Crippen molar-refractivity contribution in [3.05, 3.63) is 53.9 Å². The number of aromatic nitrogens is 2. The summed E-state index contributed by atoms with van der Waals surface area (Å²) in [6.07, 6.45) is 0. The number of hydrogen-bond donors (Lipinski definition) is 2. The number of methoxy groups -OCH3 is 1. The molecule has 0 unspecified atom stereocenters. The van der Waals surface area contributed by atoms with Crippen LogP contribution >= 0.6 is 0 Å². The zero-order chi connectivity index (χ0) is 17.8. The number of phenolic OH excluding ortho intramolecular Hbond substituents is 2. The van der Waals surface area contributed by atoms with E-state index < -0.39 is 5.97 Å². The van der Waals surface area contributed by atoms with Gasteiger partial charge in [0.1, 0.15) is 22.8 Å². The molecule has 0 saturated heterocycles. The van der Waals surface area contributed by atoms with Gasteiger partial charge in [0, 0.05) is 11.6 Å². The molecule has 3 aromatic rings. The summed E-state index contributed by atoms with van der Waals surface area (Å²) in [4.78, 5) is 16.1. The summed E-state index contributed by atoms with van der Waals surface area (Å²) in [6, 6.07) is 10.7. The van der Waals surface area contributed by atoms with Crippen molar-refractivity contribution in [2.45, 2.75) is 6.61 Å². The molecule has 0 amide bonds. The van der Waals surface area contributed by atoms with Crippen LogP contribution in [-0.4, -0.2) is 33.4 Å². The molecule has 0 aliphatic heterocycles. The molecule has 1 heterocycles. The minimum Gasteiger partial charge on any atom is -0.508 e. The third kappa shape index (κ3) is 3.69. The summed E-state index contributed by atoms with van der Waals surface area (Å²) in [6.45, 7) is -0.254. The van der Waals surface area contributed by atoms with E-state index in [2.05, 4.69) is 10.1 Å². The molecule has 0 saturated carbocycles. The molecular weight excluding hydrogens is 328 g/mol. The van der Waals surface area contributed by atoms with Gasteiger partial charge in [0.05, 0.1) is 7.11 Å². The lowest BCUT2D eigenvalue weighted by atomic mass is 10.2. The molecule has 0 aliphatic carbocycles. The summed E-state index contributed by atoms with van der Waals surface area (Å²) in [5, 5.41) is 22.7. The van der Waals surface area contributed by atoms with Crippen molar-refractivity contribution in [3.8, 4) is 28.6 Å². The highest BCUT2D eigenvalue weighted by atomic mass is 16.6. The highest BCUT2D eigenvalue weighted by Gasteiger charge is 2.16. The molecule has 2 aromatic carbocycles. The van der Waals surface area contributed by atoms with Crippen molar-refractivity contribution in [3.63, 3.8) is 0 Å². The van der Waals surface area contributed by atoms with Gasteiger partial charge in [-0.15, -0.1) is 0 Å². The van der Waals surface area contributed by atoms with E-state index in [0.29, 0.717) is 17.1 Å². The quantitative estimate of drug-likeness (QED) is 0.680. The fourth-order valence-corrected chi connectivity index (χ4v) is 2.09. The Morgan fingerprint density at radius 3 is 2.80 bits per heavy atom. The molecule has 0 bridgehead atoms. The zero-order valence-electron chi connectivity index (χ0n) is 13.2. The highest BCUT2D eigenvalue weighted by Crippen LogP contribution is 2.24. The third-order valence-electron chi connectivity index (χ3n) is 3.32. The summed E-state index contributed by atoms with van der Waals surface area (Å²) in [5.41, 5.74) is 0.613. The molecule has 0 atom stereocenters. The van der Waals surface area contributed by atoms with Gasteiger partial charge in [0.2, 0.25) is 5.82 Å². The van der Waals surface area contributed by atoms with Crippen LogP contribution in [0.2, 0.25) is 0 Å². The first kappa shape index (κ1) is 16.3. The molecule has 0 radical (unpaired) electrons. The van der Waals surface area contributed by atoms with E-state index in [1.165, 1.54) is 12.1 Å². The van der Waals surface area contributed by atoms with E-state index in [9.17, 15) is 15.0 Å². The second-order valence-corrected chi connectivity index (χ2v) is 5.02. The van der Waals surface area contributed by atoms with Crippen molar-refractivity contribution in [1.29, 1.82) is 0 Å². The van der Waals surface area contributed by atoms with Crippen LogP contribution in [0.1, 0.15) is 16.2 Å². The molecule has 1 aromatic heterocycles. The Hall–Kier alpha value is -3.55. The molecule has 8 heteroatoms. The van der Waals surface area contributed by atoms with Crippen molar-refractivity contribution in [1.82, 2.24) is 10.1 Å². The van der Waals surface area contributed by atoms with Crippen molar-refractivity contribution in [2.24, 2.45) is 0 Å². The minimum absolute atomic E-state index is 0.0784. The second-order valence-electron chi connectivity index (χ2n) is 5.02. The molecule has 0 fully saturated rings. The number of esters is 1. The van der Waals surface area contributed by atoms with Crippen LogP contribution in [-0.2, 0) is 11.3 Å². The van der Waals surface area contributed by atoms with Gasteiger partial charge in [-0.25, -0.2) is 4.79 Å². The lowest BCUT2D eigenvalue weighted by molar-refractivity contribution is 0.0426. The van der Waals surface area contributed by atoms with E-state index >= 15 is 0 Å². The SMILES string of the molecule is COc1cccc(-c2noc(COC(=O)c3ccc(O)cc3O)n2)c1. The van der Waals surface area contributed by atoms with E-state index in [1.54, 1.807) is 31.4 Å². The molecule has 8 nitrogen and oxygen atoms in total. The fourth-order valence-electron chi connectivity index (χ4n) is 2.09. The van der Waals surface area contributed by atoms with Gasteiger partial charge in [-0.2, -0.15) is 4.98 Å². The minimum atomic E-state index is -0.779. The van der Waals surface area contributed by atoms with Gasteiger partial charge in [-0.05, 0) is 24.3 Å². The second kappa shape index (κ2) is 6.91. The number of rotatable bonds is 5. The number of aromatic hydroxyl groups is 2.